The Bertz CT molecular complexity index is 660. The van der Waals surface area contributed by atoms with E-state index in [2.05, 4.69) is 28.6 Å². The van der Waals surface area contributed by atoms with Crippen LogP contribution in [0.5, 0.6) is 0 Å². The van der Waals surface area contributed by atoms with Crippen LogP contribution in [-0.2, 0) is 13.0 Å². The minimum Gasteiger partial charge on any atom is -0.345 e. The van der Waals surface area contributed by atoms with Gasteiger partial charge in [-0.3, -0.25) is 9.48 Å². The van der Waals surface area contributed by atoms with Crippen molar-refractivity contribution in [1.82, 2.24) is 15.1 Å². The fourth-order valence-electron chi connectivity index (χ4n) is 3.04. The SMILES string of the molecule is CCn1cc(C(=O)NC2CCCc3ccccc32)c(C)n1. The Balaban J connectivity index is 1.81. The lowest BCUT2D eigenvalue weighted by Gasteiger charge is -2.26. The number of nitrogens with one attached hydrogen (secondary N) is 1. The van der Waals surface area contributed by atoms with Crippen molar-refractivity contribution in [3.8, 4) is 0 Å². The summed E-state index contributed by atoms with van der Waals surface area (Å²) in [5.41, 5.74) is 4.09. The van der Waals surface area contributed by atoms with E-state index in [0.29, 0.717) is 5.56 Å². The number of aryl methyl sites for hydroxylation is 3. The first kappa shape index (κ1) is 13.9. The molecule has 1 aliphatic carbocycles. The Hall–Kier alpha value is -2.10. The van der Waals surface area contributed by atoms with Crippen molar-refractivity contribution in [2.75, 3.05) is 0 Å². The van der Waals surface area contributed by atoms with Gasteiger partial charge in [0.1, 0.15) is 0 Å². The van der Waals surface area contributed by atoms with Crippen LogP contribution >= 0.6 is 0 Å². The molecule has 1 aromatic heterocycles. The van der Waals surface area contributed by atoms with Gasteiger partial charge < -0.3 is 5.32 Å². The van der Waals surface area contributed by atoms with E-state index < -0.39 is 0 Å². The molecule has 2 aromatic rings. The molecular weight excluding hydrogens is 262 g/mol. The third kappa shape index (κ3) is 2.71. The lowest BCUT2D eigenvalue weighted by atomic mass is 9.87. The molecular formula is C17H21N3O. The van der Waals surface area contributed by atoms with Crippen LogP contribution in [0.2, 0.25) is 0 Å². The fourth-order valence-corrected chi connectivity index (χ4v) is 3.04. The van der Waals surface area contributed by atoms with E-state index in [1.54, 1.807) is 4.68 Å². The van der Waals surface area contributed by atoms with Crippen LogP contribution in [0.1, 0.15) is 53.0 Å². The molecule has 3 rings (SSSR count). The van der Waals surface area contributed by atoms with E-state index >= 15 is 0 Å². The predicted octanol–water partition coefficient (Wildman–Crippen LogP) is 3.02. The second kappa shape index (κ2) is 5.72. The van der Waals surface area contributed by atoms with Gasteiger partial charge in [0.2, 0.25) is 0 Å². The molecule has 1 heterocycles. The highest BCUT2D eigenvalue weighted by atomic mass is 16.1. The Morgan fingerprint density at radius 1 is 1.43 bits per heavy atom. The highest BCUT2D eigenvalue weighted by molar-refractivity contribution is 5.95. The molecule has 21 heavy (non-hydrogen) atoms. The molecule has 0 radical (unpaired) electrons. The van der Waals surface area contributed by atoms with E-state index in [0.717, 1.165) is 31.5 Å². The van der Waals surface area contributed by atoms with E-state index in [1.807, 2.05) is 26.1 Å². The topological polar surface area (TPSA) is 46.9 Å². The first-order valence-electron chi connectivity index (χ1n) is 7.61. The number of hydrogen-bond donors (Lipinski definition) is 1. The van der Waals surface area contributed by atoms with Gasteiger partial charge in [0.05, 0.1) is 17.3 Å². The summed E-state index contributed by atoms with van der Waals surface area (Å²) >= 11 is 0. The van der Waals surface area contributed by atoms with Gasteiger partial charge in [-0.2, -0.15) is 5.10 Å². The quantitative estimate of drug-likeness (QED) is 0.941. The number of aromatic nitrogens is 2. The average Bonchev–Trinajstić information content (AvgIpc) is 2.89. The normalized spacial score (nSPS) is 17.3. The number of amides is 1. The summed E-state index contributed by atoms with van der Waals surface area (Å²) in [5.74, 6) is -0.0195. The van der Waals surface area contributed by atoms with E-state index in [-0.39, 0.29) is 11.9 Å². The third-order valence-electron chi connectivity index (χ3n) is 4.19. The van der Waals surface area contributed by atoms with E-state index in [9.17, 15) is 4.79 Å². The summed E-state index contributed by atoms with van der Waals surface area (Å²) in [7, 11) is 0. The van der Waals surface area contributed by atoms with Gasteiger partial charge in [-0.05, 0) is 44.2 Å². The number of benzene rings is 1. The van der Waals surface area contributed by atoms with Crippen molar-refractivity contribution < 1.29 is 4.79 Å². The first-order valence-corrected chi connectivity index (χ1v) is 7.61. The molecule has 0 bridgehead atoms. The zero-order valence-corrected chi connectivity index (χ0v) is 12.6. The summed E-state index contributed by atoms with van der Waals surface area (Å²) in [5, 5.41) is 7.52. The number of hydrogen-bond acceptors (Lipinski definition) is 2. The van der Waals surface area contributed by atoms with Gasteiger partial charge in [0.15, 0.2) is 0 Å². The first-order chi connectivity index (χ1) is 10.2. The molecule has 1 amide bonds. The molecule has 0 fully saturated rings. The Labute approximate surface area is 125 Å². The standard InChI is InChI=1S/C17H21N3O/c1-3-20-11-15(12(2)19-20)17(21)18-16-10-6-8-13-7-4-5-9-14(13)16/h4-5,7,9,11,16H,3,6,8,10H2,1-2H3,(H,18,21). The third-order valence-corrected chi connectivity index (χ3v) is 4.19. The summed E-state index contributed by atoms with van der Waals surface area (Å²) < 4.78 is 1.80. The maximum Gasteiger partial charge on any atom is 0.255 e. The monoisotopic (exact) mass is 283 g/mol. The molecule has 4 nitrogen and oxygen atoms in total. The number of nitrogens with zero attached hydrogens (tertiary/aromatic N) is 2. The smallest absolute Gasteiger partial charge is 0.255 e. The predicted molar refractivity (Wildman–Crippen MR) is 82.2 cm³/mol. The van der Waals surface area contributed by atoms with Crippen LogP contribution in [0.15, 0.2) is 30.5 Å². The van der Waals surface area contributed by atoms with Crippen LogP contribution in [-0.4, -0.2) is 15.7 Å². The van der Waals surface area contributed by atoms with Crippen LogP contribution < -0.4 is 5.32 Å². The van der Waals surface area contributed by atoms with Gasteiger partial charge in [-0.1, -0.05) is 24.3 Å². The molecule has 0 saturated carbocycles. The van der Waals surface area contributed by atoms with E-state index in [1.165, 1.54) is 11.1 Å². The van der Waals surface area contributed by atoms with Crippen molar-refractivity contribution in [2.45, 2.75) is 45.7 Å². The molecule has 0 aliphatic heterocycles. The van der Waals surface area contributed by atoms with Gasteiger partial charge >= 0.3 is 0 Å². The summed E-state index contributed by atoms with van der Waals surface area (Å²) in [6, 6.07) is 8.52. The molecule has 1 unspecified atom stereocenters. The van der Waals surface area contributed by atoms with Gasteiger partial charge in [-0.15, -0.1) is 0 Å². The maximum atomic E-state index is 12.5. The lowest BCUT2D eigenvalue weighted by molar-refractivity contribution is 0.0932. The summed E-state index contributed by atoms with van der Waals surface area (Å²) in [4.78, 5) is 12.5. The second-order valence-corrected chi connectivity index (χ2v) is 5.60. The number of fused-ring (bicyclic) bond motifs is 1. The second-order valence-electron chi connectivity index (χ2n) is 5.60. The van der Waals surface area contributed by atoms with Gasteiger partial charge in [0, 0.05) is 12.7 Å². The number of rotatable bonds is 3. The minimum absolute atomic E-state index is 0.0195. The van der Waals surface area contributed by atoms with Crippen molar-refractivity contribution in [3.63, 3.8) is 0 Å². The zero-order chi connectivity index (χ0) is 14.8. The maximum absolute atomic E-state index is 12.5. The lowest BCUT2D eigenvalue weighted by Crippen LogP contribution is -2.31. The van der Waals surface area contributed by atoms with Gasteiger partial charge in [-0.25, -0.2) is 0 Å². The molecule has 1 N–H and O–H groups in total. The summed E-state index contributed by atoms with van der Waals surface area (Å²) in [6.45, 7) is 4.68. The average molecular weight is 283 g/mol. The van der Waals surface area contributed by atoms with Crippen LogP contribution in [0.3, 0.4) is 0 Å². The van der Waals surface area contributed by atoms with Crippen LogP contribution in [0.25, 0.3) is 0 Å². The Kier molecular flexibility index (Phi) is 3.78. The molecule has 1 aromatic carbocycles. The van der Waals surface area contributed by atoms with Crippen molar-refractivity contribution >= 4 is 5.91 Å². The molecule has 0 saturated heterocycles. The molecule has 0 spiro atoms. The highest BCUT2D eigenvalue weighted by Crippen LogP contribution is 2.29. The number of carbonyl (C=O) groups excluding carboxylic acids is 1. The molecule has 4 heteroatoms. The minimum atomic E-state index is -0.0195. The molecule has 1 aliphatic rings. The van der Waals surface area contributed by atoms with E-state index in [4.69, 9.17) is 0 Å². The zero-order valence-electron chi connectivity index (χ0n) is 12.6. The largest absolute Gasteiger partial charge is 0.345 e. The highest BCUT2D eigenvalue weighted by Gasteiger charge is 2.23. The Morgan fingerprint density at radius 2 is 2.24 bits per heavy atom. The van der Waals surface area contributed by atoms with Crippen LogP contribution in [0.4, 0.5) is 0 Å². The van der Waals surface area contributed by atoms with Crippen molar-refractivity contribution in [2.24, 2.45) is 0 Å². The summed E-state index contributed by atoms with van der Waals surface area (Å²) in [6.07, 6.45) is 5.06. The molecule has 1 atom stereocenters. The van der Waals surface area contributed by atoms with Crippen molar-refractivity contribution in [1.29, 1.82) is 0 Å². The Morgan fingerprint density at radius 3 is 3.00 bits per heavy atom. The fraction of sp³-hybridized carbons (Fsp3) is 0.412. The number of carbonyl (C=O) groups is 1. The van der Waals surface area contributed by atoms with Gasteiger partial charge in [0.25, 0.3) is 5.91 Å². The molecule has 110 valence electrons. The van der Waals surface area contributed by atoms with Crippen LogP contribution in [0, 0.1) is 6.92 Å². The van der Waals surface area contributed by atoms with Crippen molar-refractivity contribution in [3.05, 3.63) is 52.8 Å².